The van der Waals surface area contributed by atoms with Gasteiger partial charge in [0.25, 0.3) is 0 Å². The topological polar surface area (TPSA) is 100 Å². The van der Waals surface area contributed by atoms with Crippen LogP contribution in [-0.4, -0.2) is 45.8 Å². The highest BCUT2D eigenvalue weighted by Gasteiger charge is 2.15. The molecule has 1 aliphatic rings. The second-order valence-corrected chi connectivity index (χ2v) is 4.81. The van der Waals surface area contributed by atoms with Gasteiger partial charge >= 0.3 is 0 Å². The summed E-state index contributed by atoms with van der Waals surface area (Å²) in [7, 11) is 0. The number of aromatic nitrogens is 3. The van der Waals surface area contributed by atoms with Gasteiger partial charge in [-0.25, -0.2) is 0 Å². The first kappa shape index (κ1) is 13.8. The maximum Gasteiger partial charge on any atom is 0.231 e. The van der Waals surface area contributed by atoms with Crippen LogP contribution in [-0.2, 0) is 0 Å². The minimum absolute atomic E-state index is 0.212. The molecule has 0 bridgehead atoms. The molecule has 1 saturated heterocycles. The molecule has 0 aliphatic carbocycles. The third-order valence-corrected chi connectivity index (χ3v) is 3.25. The Morgan fingerprint density at radius 2 is 2.00 bits per heavy atom. The molecule has 0 saturated carbocycles. The molecule has 7 nitrogen and oxygen atoms in total. The third-order valence-electron chi connectivity index (χ3n) is 3.25. The van der Waals surface area contributed by atoms with Gasteiger partial charge in [-0.2, -0.15) is 15.0 Å². The summed E-state index contributed by atoms with van der Waals surface area (Å²) in [6, 6.07) is 0. The second-order valence-electron chi connectivity index (χ2n) is 4.81. The molecule has 19 heavy (non-hydrogen) atoms. The highest BCUT2D eigenvalue weighted by Crippen LogP contribution is 2.17. The lowest BCUT2D eigenvalue weighted by molar-refractivity contribution is 0.183. The predicted molar refractivity (Wildman–Crippen MR) is 75.1 cm³/mol. The number of nitrogen functional groups attached to an aromatic ring is 1. The second kappa shape index (κ2) is 6.51. The zero-order valence-corrected chi connectivity index (χ0v) is 11.3. The molecular formula is C12H22N6O. The van der Waals surface area contributed by atoms with E-state index in [4.69, 9.17) is 5.73 Å². The highest BCUT2D eigenvalue weighted by atomic mass is 16.3. The number of nitrogens with one attached hydrogen (secondary N) is 1. The van der Waals surface area contributed by atoms with Crippen LogP contribution in [0.4, 0.5) is 17.8 Å². The first-order chi connectivity index (χ1) is 9.19. The van der Waals surface area contributed by atoms with E-state index in [1.165, 1.54) is 6.42 Å². The lowest BCUT2D eigenvalue weighted by Gasteiger charge is -2.26. The largest absolute Gasteiger partial charge is 0.391 e. The molecule has 0 amide bonds. The van der Waals surface area contributed by atoms with E-state index in [1.807, 2.05) is 6.92 Å². The molecule has 0 spiro atoms. The van der Waals surface area contributed by atoms with Gasteiger partial charge in [0.1, 0.15) is 0 Å². The fourth-order valence-corrected chi connectivity index (χ4v) is 2.05. The molecule has 1 unspecified atom stereocenters. The molecular weight excluding hydrogens is 244 g/mol. The third kappa shape index (κ3) is 3.92. The van der Waals surface area contributed by atoms with Crippen molar-refractivity contribution >= 4 is 17.8 Å². The average molecular weight is 266 g/mol. The Morgan fingerprint density at radius 1 is 1.26 bits per heavy atom. The van der Waals surface area contributed by atoms with Crippen LogP contribution < -0.4 is 16.0 Å². The lowest BCUT2D eigenvalue weighted by atomic mass is 10.1. The Bertz CT molecular complexity index is 407. The summed E-state index contributed by atoms with van der Waals surface area (Å²) in [5.74, 6) is 1.27. The Labute approximate surface area is 113 Å². The van der Waals surface area contributed by atoms with Gasteiger partial charge in [-0.3, -0.25) is 0 Å². The number of nitrogens with two attached hydrogens (primary N) is 1. The van der Waals surface area contributed by atoms with Crippen molar-refractivity contribution in [2.24, 2.45) is 0 Å². The van der Waals surface area contributed by atoms with E-state index in [2.05, 4.69) is 25.2 Å². The molecule has 0 radical (unpaired) electrons. The SMILES string of the molecule is CCC(O)CNc1nc(N)nc(N2CCCCC2)n1. The van der Waals surface area contributed by atoms with Gasteiger partial charge in [0.2, 0.25) is 17.8 Å². The number of piperidine rings is 1. The number of rotatable bonds is 5. The summed E-state index contributed by atoms with van der Waals surface area (Å²) in [4.78, 5) is 14.7. The molecule has 1 aromatic rings. The fraction of sp³-hybridized carbons (Fsp3) is 0.750. The van der Waals surface area contributed by atoms with Crippen LogP contribution in [0.15, 0.2) is 0 Å². The Kier molecular flexibility index (Phi) is 4.73. The van der Waals surface area contributed by atoms with Crippen molar-refractivity contribution < 1.29 is 5.11 Å². The fourth-order valence-electron chi connectivity index (χ4n) is 2.05. The Hall–Kier alpha value is -1.63. The molecule has 2 heterocycles. The van der Waals surface area contributed by atoms with Crippen LogP contribution in [0.3, 0.4) is 0 Å². The van der Waals surface area contributed by atoms with Gasteiger partial charge in [0.15, 0.2) is 0 Å². The van der Waals surface area contributed by atoms with Crippen molar-refractivity contribution in [2.75, 3.05) is 35.6 Å². The molecule has 1 aromatic heterocycles. The zero-order chi connectivity index (χ0) is 13.7. The van der Waals surface area contributed by atoms with Crippen molar-refractivity contribution in [1.82, 2.24) is 15.0 Å². The normalized spacial score (nSPS) is 17.3. The average Bonchev–Trinajstić information content (AvgIpc) is 2.45. The maximum absolute atomic E-state index is 9.53. The number of hydrogen-bond donors (Lipinski definition) is 3. The van der Waals surface area contributed by atoms with E-state index in [1.54, 1.807) is 0 Å². The van der Waals surface area contributed by atoms with Crippen molar-refractivity contribution in [3.05, 3.63) is 0 Å². The zero-order valence-electron chi connectivity index (χ0n) is 11.3. The molecule has 4 N–H and O–H groups in total. The number of anilines is 3. The van der Waals surface area contributed by atoms with Crippen LogP contribution in [0.25, 0.3) is 0 Å². The number of aliphatic hydroxyl groups excluding tert-OH is 1. The summed E-state index contributed by atoms with van der Waals surface area (Å²) in [6.45, 7) is 4.26. The van der Waals surface area contributed by atoms with E-state index < -0.39 is 6.10 Å². The summed E-state index contributed by atoms with van der Waals surface area (Å²) in [5.41, 5.74) is 5.71. The minimum Gasteiger partial charge on any atom is -0.391 e. The molecule has 0 aromatic carbocycles. The van der Waals surface area contributed by atoms with Gasteiger partial charge in [-0.1, -0.05) is 6.92 Å². The summed E-state index contributed by atoms with van der Waals surface area (Å²) in [5, 5.41) is 12.5. The van der Waals surface area contributed by atoms with E-state index in [9.17, 15) is 5.11 Å². The van der Waals surface area contributed by atoms with E-state index in [-0.39, 0.29) is 5.95 Å². The summed E-state index contributed by atoms with van der Waals surface area (Å²) in [6.07, 6.45) is 3.85. The number of hydrogen-bond acceptors (Lipinski definition) is 7. The van der Waals surface area contributed by atoms with Crippen molar-refractivity contribution in [3.8, 4) is 0 Å². The van der Waals surface area contributed by atoms with Gasteiger partial charge in [-0.15, -0.1) is 0 Å². The highest BCUT2D eigenvalue weighted by molar-refractivity contribution is 5.42. The number of aliphatic hydroxyl groups is 1. The summed E-state index contributed by atoms with van der Waals surface area (Å²) >= 11 is 0. The minimum atomic E-state index is -0.406. The van der Waals surface area contributed by atoms with Gasteiger partial charge in [0, 0.05) is 19.6 Å². The smallest absolute Gasteiger partial charge is 0.231 e. The monoisotopic (exact) mass is 266 g/mol. The lowest BCUT2D eigenvalue weighted by Crippen LogP contribution is -2.31. The van der Waals surface area contributed by atoms with Gasteiger partial charge in [0.05, 0.1) is 6.10 Å². The maximum atomic E-state index is 9.53. The Balaban J connectivity index is 2.05. The van der Waals surface area contributed by atoms with Crippen LogP contribution in [0.1, 0.15) is 32.6 Å². The molecule has 1 fully saturated rings. The quantitative estimate of drug-likeness (QED) is 0.718. The van der Waals surface area contributed by atoms with E-state index in [0.717, 1.165) is 25.9 Å². The van der Waals surface area contributed by atoms with Crippen LogP contribution in [0.5, 0.6) is 0 Å². The first-order valence-corrected chi connectivity index (χ1v) is 6.87. The van der Waals surface area contributed by atoms with Gasteiger partial charge in [-0.05, 0) is 25.7 Å². The Morgan fingerprint density at radius 3 is 2.68 bits per heavy atom. The van der Waals surface area contributed by atoms with Crippen molar-refractivity contribution in [2.45, 2.75) is 38.7 Å². The molecule has 1 aliphatic heterocycles. The van der Waals surface area contributed by atoms with E-state index >= 15 is 0 Å². The predicted octanol–water partition coefficient (Wildman–Crippen LogP) is 0.627. The summed E-state index contributed by atoms with van der Waals surface area (Å²) < 4.78 is 0. The standard InChI is InChI=1S/C12H22N6O/c1-2-9(19)8-14-11-15-10(13)16-12(17-11)18-6-4-3-5-7-18/h9,19H,2-8H2,1H3,(H3,13,14,15,16,17). The molecule has 7 heteroatoms. The van der Waals surface area contributed by atoms with Gasteiger partial charge < -0.3 is 21.1 Å². The molecule has 106 valence electrons. The van der Waals surface area contributed by atoms with E-state index in [0.29, 0.717) is 24.9 Å². The first-order valence-electron chi connectivity index (χ1n) is 6.87. The van der Waals surface area contributed by atoms with Crippen LogP contribution in [0.2, 0.25) is 0 Å². The van der Waals surface area contributed by atoms with Crippen LogP contribution >= 0.6 is 0 Å². The van der Waals surface area contributed by atoms with Crippen LogP contribution in [0, 0.1) is 0 Å². The molecule has 2 rings (SSSR count). The molecule has 1 atom stereocenters. The van der Waals surface area contributed by atoms with Crippen molar-refractivity contribution in [1.29, 1.82) is 0 Å². The van der Waals surface area contributed by atoms with Crippen molar-refractivity contribution in [3.63, 3.8) is 0 Å². The number of nitrogens with zero attached hydrogens (tertiary/aromatic N) is 4.